The molecule has 0 amide bonds. The molecule has 1 aromatic carbocycles. The average Bonchev–Trinajstić information content (AvgIpc) is 2.63. The van der Waals surface area contributed by atoms with E-state index in [0.29, 0.717) is 0 Å². The van der Waals surface area contributed by atoms with Gasteiger partial charge in [0, 0.05) is 42.7 Å². The van der Waals surface area contributed by atoms with Gasteiger partial charge in [0.1, 0.15) is 11.5 Å². The molecule has 0 saturated heterocycles. The molecule has 2 heterocycles. The number of pyridine rings is 1. The fraction of sp³-hybridized carbons (Fsp3) is 0.368. The van der Waals surface area contributed by atoms with E-state index in [-0.39, 0.29) is 0 Å². The van der Waals surface area contributed by atoms with Crippen molar-refractivity contribution in [1.82, 2.24) is 4.98 Å². The molecule has 0 radical (unpaired) electrons. The summed E-state index contributed by atoms with van der Waals surface area (Å²) in [7, 11) is 3.34. The zero-order valence-corrected chi connectivity index (χ0v) is 13.7. The molecule has 0 unspecified atom stereocenters. The Morgan fingerprint density at radius 3 is 2.70 bits per heavy atom. The van der Waals surface area contributed by atoms with Gasteiger partial charge in [-0.3, -0.25) is 9.98 Å². The van der Waals surface area contributed by atoms with Crippen molar-refractivity contribution in [3.63, 3.8) is 0 Å². The van der Waals surface area contributed by atoms with Crippen LogP contribution < -0.4 is 9.47 Å². The summed E-state index contributed by atoms with van der Waals surface area (Å²) in [6.07, 6.45) is 8.07. The third kappa shape index (κ3) is 3.70. The van der Waals surface area contributed by atoms with Crippen LogP contribution in [0.3, 0.4) is 0 Å². The Balaban J connectivity index is 1.84. The Bertz CT molecular complexity index is 710. The maximum Gasteiger partial charge on any atom is 0.126 e. The average molecular weight is 310 g/mol. The van der Waals surface area contributed by atoms with Gasteiger partial charge in [0.05, 0.1) is 14.2 Å². The standard InChI is InChI=1S/C19H22N2O2/c1-22-17-7-6-15(19(11-17)23-2)9-14-10-16(13-20-12-14)18-5-3-4-8-21-18/h6-7,10-13H,3-5,8-9H2,1-2H3. The van der Waals surface area contributed by atoms with Crippen molar-refractivity contribution >= 4 is 5.71 Å². The van der Waals surface area contributed by atoms with E-state index in [9.17, 15) is 0 Å². The number of rotatable bonds is 5. The van der Waals surface area contributed by atoms with Crippen LogP contribution >= 0.6 is 0 Å². The zero-order chi connectivity index (χ0) is 16.1. The Labute approximate surface area is 137 Å². The Hall–Kier alpha value is -2.36. The Morgan fingerprint density at radius 2 is 1.96 bits per heavy atom. The molecule has 2 aromatic rings. The summed E-state index contributed by atoms with van der Waals surface area (Å²) in [5.41, 5.74) is 4.62. The minimum absolute atomic E-state index is 0.779. The number of hydrogen-bond acceptors (Lipinski definition) is 4. The van der Waals surface area contributed by atoms with Crippen molar-refractivity contribution in [3.8, 4) is 11.5 Å². The second kappa shape index (κ2) is 7.27. The molecular formula is C19H22N2O2. The summed E-state index contributed by atoms with van der Waals surface area (Å²) >= 11 is 0. The third-order valence-corrected chi connectivity index (χ3v) is 4.14. The van der Waals surface area contributed by atoms with Crippen molar-refractivity contribution in [2.75, 3.05) is 20.8 Å². The maximum absolute atomic E-state index is 5.48. The number of hydrogen-bond donors (Lipinski definition) is 0. The molecular weight excluding hydrogens is 288 g/mol. The molecule has 120 valence electrons. The number of methoxy groups -OCH3 is 2. The molecule has 4 nitrogen and oxygen atoms in total. The van der Waals surface area contributed by atoms with Crippen molar-refractivity contribution in [2.24, 2.45) is 4.99 Å². The van der Waals surface area contributed by atoms with Crippen molar-refractivity contribution in [2.45, 2.75) is 25.7 Å². The van der Waals surface area contributed by atoms with Crippen LogP contribution in [0, 0.1) is 0 Å². The highest BCUT2D eigenvalue weighted by molar-refractivity contribution is 6.00. The second-order valence-electron chi connectivity index (χ2n) is 5.72. The van der Waals surface area contributed by atoms with E-state index in [1.54, 1.807) is 14.2 Å². The number of aliphatic imine (C=N–C) groups is 1. The summed E-state index contributed by atoms with van der Waals surface area (Å²) < 4.78 is 10.7. The Morgan fingerprint density at radius 1 is 1.04 bits per heavy atom. The molecule has 0 aliphatic carbocycles. The first kappa shape index (κ1) is 15.5. The van der Waals surface area contributed by atoms with Crippen LogP contribution in [0.25, 0.3) is 0 Å². The third-order valence-electron chi connectivity index (χ3n) is 4.14. The van der Waals surface area contributed by atoms with E-state index >= 15 is 0 Å². The van der Waals surface area contributed by atoms with Crippen LogP contribution in [0.15, 0.2) is 41.7 Å². The van der Waals surface area contributed by atoms with Crippen LogP contribution in [0.2, 0.25) is 0 Å². The minimum Gasteiger partial charge on any atom is -0.497 e. The SMILES string of the molecule is COc1ccc(Cc2cncc(C3=NCCCC3)c2)c(OC)c1. The summed E-state index contributed by atoms with van der Waals surface area (Å²) in [4.78, 5) is 9.04. The molecule has 1 aliphatic rings. The van der Waals surface area contributed by atoms with Crippen LogP contribution in [-0.4, -0.2) is 31.5 Å². The van der Waals surface area contributed by atoms with Crippen LogP contribution in [0.5, 0.6) is 11.5 Å². The fourth-order valence-corrected chi connectivity index (χ4v) is 2.89. The largest absolute Gasteiger partial charge is 0.497 e. The lowest BCUT2D eigenvalue weighted by molar-refractivity contribution is 0.391. The fourth-order valence-electron chi connectivity index (χ4n) is 2.89. The van der Waals surface area contributed by atoms with Crippen molar-refractivity contribution in [3.05, 3.63) is 53.3 Å². The maximum atomic E-state index is 5.48. The summed E-state index contributed by atoms with van der Waals surface area (Å²) in [6, 6.07) is 8.11. The monoisotopic (exact) mass is 310 g/mol. The van der Waals surface area contributed by atoms with Crippen LogP contribution in [-0.2, 0) is 6.42 Å². The van der Waals surface area contributed by atoms with E-state index < -0.39 is 0 Å². The highest BCUT2D eigenvalue weighted by atomic mass is 16.5. The first-order chi connectivity index (χ1) is 11.3. The molecule has 4 heteroatoms. The Kier molecular flexibility index (Phi) is 4.91. The van der Waals surface area contributed by atoms with E-state index in [1.807, 2.05) is 30.6 Å². The van der Waals surface area contributed by atoms with E-state index in [2.05, 4.69) is 16.0 Å². The highest BCUT2D eigenvalue weighted by Gasteiger charge is 2.11. The first-order valence-electron chi connectivity index (χ1n) is 7.98. The summed E-state index contributed by atoms with van der Waals surface area (Å²) in [5.74, 6) is 1.64. The molecule has 0 spiro atoms. The molecule has 3 rings (SSSR count). The second-order valence-corrected chi connectivity index (χ2v) is 5.72. The quantitative estimate of drug-likeness (QED) is 0.846. The van der Waals surface area contributed by atoms with Crippen molar-refractivity contribution < 1.29 is 9.47 Å². The van der Waals surface area contributed by atoms with E-state index in [4.69, 9.17) is 9.47 Å². The highest BCUT2D eigenvalue weighted by Crippen LogP contribution is 2.27. The van der Waals surface area contributed by atoms with Crippen LogP contribution in [0.4, 0.5) is 0 Å². The van der Waals surface area contributed by atoms with Gasteiger partial charge >= 0.3 is 0 Å². The number of aromatic nitrogens is 1. The topological polar surface area (TPSA) is 43.7 Å². The zero-order valence-electron chi connectivity index (χ0n) is 13.7. The van der Waals surface area contributed by atoms with Gasteiger partial charge in [-0.2, -0.15) is 0 Å². The first-order valence-corrected chi connectivity index (χ1v) is 7.98. The van der Waals surface area contributed by atoms with Crippen molar-refractivity contribution in [1.29, 1.82) is 0 Å². The predicted octanol–water partition coefficient (Wildman–Crippen LogP) is 3.66. The van der Waals surface area contributed by atoms with Gasteiger partial charge in [0.2, 0.25) is 0 Å². The lowest BCUT2D eigenvalue weighted by Crippen LogP contribution is -2.08. The van der Waals surface area contributed by atoms with Gasteiger partial charge in [0.15, 0.2) is 0 Å². The minimum atomic E-state index is 0.779. The molecule has 0 bridgehead atoms. The number of ether oxygens (including phenoxy) is 2. The number of nitrogens with zero attached hydrogens (tertiary/aromatic N) is 2. The van der Waals surface area contributed by atoms with Gasteiger partial charge in [-0.15, -0.1) is 0 Å². The molecule has 0 fully saturated rings. The van der Waals surface area contributed by atoms with Gasteiger partial charge < -0.3 is 9.47 Å². The normalized spacial score (nSPS) is 14.3. The predicted molar refractivity (Wildman–Crippen MR) is 91.8 cm³/mol. The van der Waals surface area contributed by atoms with Gasteiger partial charge in [-0.25, -0.2) is 0 Å². The molecule has 0 atom stereocenters. The van der Waals surface area contributed by atoms with E-state index in [0.717, 1.165) is 42.0 Å². The molecule has 0 saturated carbocycles. The van der Waals surface area contributed by atoms with E-state index in [1.165, 1.54) is 24.1 Å². The summed E-state index contributed by atoms with van der Waals surface area (Å²) in [5, 5.41) is 0. The summed E-state index contributed by atoms with van der Waals surface area (Å²) in [6.45, 7) is 0.936. The lowest BCUT2D eigenvalue weighted by Gasteiger charge is -2.13. The molecule has 1 aliphatic heterocycles. The number of benzene rings is 1. The molecule has 1 aromatic heterocycles. The molecule has 23 heavy (non-hydrogen) atoms. The van der Waals surface area contributed by atoms with Gasteiger partial charge in [-0.05, 0) is 42.5 Å². The smallest absolute Gasteiger partial charge is 0.126 e. The lowest BCUT2D eigenvalue weighted by atomic mass is 9.99. The van der Waals surface area contributed by atoms with Gasteiger partial charge in [-0.1, -0.05) is 6.07 Å². The van der Waals surface area contributed by atoms with Crippen LogP contribution in [0.1, 0.15) is 36.0 Å². The van der Waals surface area contributed by atoms with Gasteiger partial charge in [0.25, 0.3) is 0 Å². The molecule has 0 N–H and O–H groups in total.